The summed E-state index contributed by atoms with van der Waals surface area (Å²) in [5.41, 5.74) is 1.71. The Morgan fingerprint density at radius 3 is 2.90 bits per heavy atom. The normalized spacial score (nSPS) is 9.76. The van der Waals surface area contributed by atoms with Crippen LogP contribution in [0, 0.1) is 24.1 Å². The number of amides is 1. The van der Waals surface area contributed by atoms with Crippen LogP contribution in [0.1, 0.15) is 11.1 Å². The molecule has 5 heteroatoms. The number of aryl methyl sites for hydroxylation is 1. The average Bonchev–Trinajstić information content (AvgIpc) is 2.48. The van der Waals surface area contributed by atoms with Crippen LogP contribution in [0.3, 0.4) is 0 Å². The molecule has 0 aliphatic heterocycles. The van der Waals surface area contributed by atoms with Crippen molar-refractivity contribution in [2.45, 2.75) is 6.92 Å². The van der Waals surface area contributed by atoms with Crippen molar-refractivity contribution >= 4 is 11.6 Å². The molecule has 0 radical (unpaired) electrons. The average molecular weight is 284 g/mol. The maximum atomic E-state index is 13.1. The Morgan fingerprint density at radius 1 is 1.33 bits per heavy atom. The van der Waals surface area contributed by atoms with E-state index in [0.29, 0.717) is 17.0 Å². The van der Waals surface area contributed by atoms with E-state index in [2.05, 4.69) is 5.32 Å². The third kappa shape index (κ3) is 4.05. The maximum Gasteiger partial charge on any atom is 0.262 e. The minimum Gasteiger partial charge on any atom is -0.483 e. The third-order valence-electron chi connectivity index (χ3n) is 2.78. The summed E-state index contributed by atoms with van der Waals surface area (Å²) in [6, 6.07) is 12.7. The van der Waals surface area contributed by atoms with Crippen molar-refractivity contribution in [2.75, 3.05) is 11.9 Å². The Hall–Kier alpha value is -2.87. The van der Waals surface area contributed by atoms with Gasteiger partial charge in [-0.05, 0) is 36.8 Å². The lowest BCUT2D eigenvalue weighted by Gasteiger charge is -2.09. The summed E-state index contributed by atoms with van der Waals surface area (Å²) in [7, 11) is 0. The molecule has 0 bridgehead atoms. The number of ether oxygens (including phenoxy) is 1. The highest BCUT2D eigenvalue weighted by molar-refractivity contribution is 5.92. The molecule has 1 N–H and O–H groups in total. The molecule has 2 rings (SSSR count). The molecule has 0 aromatic heterocycles. The number of anilines is 1. The van der Waals surface area contributed by atoms with Crippen molar-refractivity contribution in [3.63, 3.8) is 0 Å². The second-order valence-corrected chi connectivity index (χ2v) is 4.44. The number of rotatable bonds is 4. The molecule has 0 saturated carbocycles. The molecule has 0 aliphatic rings. The smallest absolute Gasteiger partial charge is 0.262 e. The molecule has 1 amide bonds. The lowest BCUT2D eigenvalue weighted by atomic mass is 10.2. The molecule has 0 fully saturated rings. The number of nitriles is 1. The molecule has 0 atom stereocenters. The van der Waals surface area contributed by atoms with Crippen LogP contribution in [-0.4, -0.2) is 12.5 Å². The Balaban J connectivity index is 1.96. The van der Waals surface area contributed by atoms with Gasteiger partial charge < -0.3 is 10.1 Å². The SMILES string of the molecule is Cc1ccc(F)cc1OCC(=O)Nc1cccc(C#N)c1. The molecule has 0 heterocycles. The summed E-state index contributed by atoms with van der Waals surface area (Å²) in [6.07, 6.45) is 0. The highest BCUT2D eigenvalue weighted by Gasteiger charge is 2.07. The Bertz CT molecular complexity index is 708. The van der Waals surface area contributed by atoms with E-state index in [1.165, 1.54) is 12.1 Å². The minimum atomic E-state index is -0.419. The number of nitrogens with one attached hydrogen (secondary N) is 1. The topological polar surface area (TPSA) is 62.1 Å². The van der Waals surface area contributed by atoms with E-state index in [-0.39, 0.29) is 12.5 Å². The highest BCUT2D eigenvalue weighted by atomic mass is 19.1. The van der Waals surface area contributed by atoms with Gasteiger partial charge in [0.05, 0.1) is 11.6 Å². The van der Waals surface area contributed by atoms with Gasteiger partial charge in [-0.15, -0.1) is 0 Å². The van der Waals surface area contributed by atoms with Crippen LogP contribution in [-0.2, 0) is 4.79 Å². The number of hydrogen-bond acceptors (Lipinski definition) is 3. The number of carbonyl (C=O) groups excluding carboxylic acids is 1. The summed E-state index contributed by atoms with van der Waals surface area (Å²) < 4.78 is 18.4. The molecule has 0 unspecified atom stereocenters. The Kier molecular flexibility index (Phi) is 4.52. The van der Waals surface area contributed by atoms with Gasteiger partial charge in [-0.3, -0.25) is 4.79 Å². The zero-order chi connectivity index (χ0) is 15.2. The minimum absolute atomic E-state index is 0.235. The van der Waals surface area contributed by atoms with Gasteiger partial charge in [0.15, 0.2) is 6.61 Å². The van der Waals surface area contributed by atoms with Crippen LogP contribution < -0.4 is 10.1 Å². The summed E-state index contributed by atoms with van der Waals surface area (Å²) in [6.45, 7) is 1.53. The first-order valence-electron chi connectivity index (χ1n) is 6.27. The highest BCUT2D eigenvalue weighted by Crippen LogP contribution is 2.18. The molecular formula is C16H13FN2O2. The van der Waals surface area contributed by atoms with E-state index in [4.69, 9.17) is 10.00 Å². The van der Waals surface area contributed by atoms with Crippen LogP contribution in [0.25, 0.3) is 0 Å². The van der Waals surface area contributed by atoms with Gasteiger partial charge in [-0.1, -0.05) is 12.1 Å². The van der Waals surface area contributed by atoms with Crippen LogP contribution in [0.15, 0.2) is 42.5 Å². The molecule has 2 aromatic rings. The van der Waals surface area contributed by atoms with Crippen molar-refractivity contribution in [2.24, 2.45) is 0 Å². The fourth-order valence-corrected chi connectivity index (χ4v) is 1.74. The molecule has 0 aliphatic carbocycles. The van der Waals surface area contributed by atoms with Crippen molar-refractivity contribution in [1.82, 2.24) is 0 Å². The van der Waals surface area contributed by atoms with Crippen LogP contribution in [0.5, 0.6) is 5.75 Å². The van der Waals surface area contributed by atoms with Gasteiger partial charge in [-0.25, -0.2) is 4.39 Å². The van der Waals surface area contributed by atoms with Gasteiger partial charge >= 0.3 is 0 Å². The second-order valence-electron chi connectivity index (χ2n) is 4.44. The van der Waals surface area contributed by atoms with E-state index in [1.807, 2.05) is 6.07 Å². The third-order valence-corrected chi connectivity index (χ3v) is 2.78. The van der Waals surface area contributed by atoms with E-state index in [9.17, 15) is 9.18 Å². The number of halogens is 1. The van der Waals surface area contributed by atoms with E-state index in [1.54, 1.807) is 37.3 Å². The van der Waals surface area contributed by atoms with Crippen LogP contribution >= 0.6 is 0 Å². The van der Waals surface area contributed by atoms with Gasteiger partial charge in [0.1, 0.15) is 11.6 Å². The molecular weight excluding hydrogens is 271 g/mol. The standard InChI is InChI=1S/C16H13FN2O2/c1-11-5-6-13(17)8-15(11)21-10-16(20)19-14-4-2-3-12(7-14)9-18/h2-8H,10H2,1H3,(H,19,20). The first-order valence-corrected chi connectivity index (χ1v) is 6.27. The van der Waals surface area contributed by atoms with Crippen LogP contribution in [0.2, 0.25) is 0 Å². The van der Waals surface area contributed by atoms with Gasteiger partial charge in [0, 0.05) is 11.8 Å². The van der Waals surface area contributed by atoms with E-state index in [0.717, 1.165) is 5.56 Å². The van der Waals surface area contributed by atoms with Crippen molar-refractivity contribution < 1.29 is 13.9 Å². The summed E-state index contributed by atoms with van der Waals surface area (Å²) in [5, 5.41) is 11.4. The predicted molar refractivity (Wildman–Crippen MR) is 76.4 cm³/mol. The lowest BCUT2D eigenvalue weighted by Crippen LogP contribution is -2.20. The van der Waals surface area contributed by atoms with E-state index < -0.39 is 5.82 Å². The summed E-state index contributed by atoms with van der Waals surface area (Å²) in [4.78, 5) is 11.8. The molecule has 0 saturated heterocycles. The molecule has 21 heavy (non-hydrogen) atoms. The number of nitrogens with zero attached hydrogens (tertiary/aromatic N) is 1. The zero-order valence-electron chi connectivity index (χ0n) is 11.4. The first-order chi connectivity index (χ1) is 10.1. The zero-order valence-corrected chi connectivity index (χ0v) is 11.4. The fraction of sp³-hybridized carbons (Fsp3) is 0.125. The van der Waals surface area contributed by atoms with Gasteiger partial charge in [0.2, 0.25) is 0 Å². The maximum absolute atomic E-state index is 13.1. The van der Waals surface area contributed by atoms with Crippen LogP contribution in [0.4, 0.5) is 10.1 Å². The monoisotopic (exact) mass is 284 g/mol. The van der Waals surface area contributed by atoms with Gasteiger partial charge in [0.25, 0.3) is 5.91 Å². The lowest BCUT2D eigenvalue weighted by molar-refractivity contribution is -0.118. The summed E-state index contributed by atoms with van der Waals surface area (Å²) in [5.74, 6) is -0.470. The van der Waals surface area contributed by atoms with Crippen molar-refractivity contribution in [3.8, 4) is 11.8 Å². The molecule has 2 aromatic carbocycles. The second kappa shape index (κ2) is 6.53. The molecule has 106 valence electrons. The Labute approximate surface area is 121 Å². The predicted octanol–water partition coefficient (Wildman–Crippen LogP) is 3.02. The molecule has 0 spiro atoms. The van der Waals surface area contributed by atoms with Crippen molar-refractivity contribution in [3.05, 3.63) is 59.4 Å². The quantitative estimate of drug-likeness (QED) is 0.938. The number of carbonyl (C=O) groups is 1. The van der Waals surface area contributed by atoms with Crippen molar-refractivity contribution in [1.29, 1.82) is 5.26 Å². The largest absolute Gasteiger partial charge is 0.483 e. The van der Waals surface area contributed by atoms with Gasteiger partial charge in [-0.2, -0.15) is 5.26 Å². The van der Waals surface area contributed by atoms with E-state index >= 15 is 0 Å². The number of benzene rings is 2. The summed E-state index contributed by atoms with van der Waals surface area (Å²) >= 11 is 0. The fourth-order valence-electron chi connectivity index (χ4n) is 1.74. The Morgan fingerprint density at radius 2 is 2.14 bits per heavy atom. The number of hydrogen-bond donors (Lipinski definition) is 1. The first kappa shape index (κ1) is 14.5. The molecule has 4 nitrogen and oxygen atoms in total.